The largest absolute Gasteiger partial charge is 0.481 e. The normalized spacial score (nSPS) is 10.1. The van der Waals surface area contributed by atoms with E-state index in [1.807, 2.05) is 6.07 Å². The Hall–Kier alpha value is -2.10. The van der Waals surface area contributed by atoms with E-state index in [0.717, 1.165) is 5.56 Å². The van der Waals surface area contributed by atoms with Crippen LogP contribution in [0.3, 0.4) is 0 Å². The molecule has 0 spiro atoms. The molecule has 1 aromatic carbocycles. The van der Waals surface area contributed by atoms with Gasteiger partial charge >= 0.3 is 5.97 Å². The summed E-state index contributed by atoms with van der Waals surface area (Å²) in [5.74, 6) is 0.0835. The zero-order chi connectivity index (χ0) is 11.8. The van der Waals surface area contributed by atoms with Gasteiger partial charge in [0.1, 0.15) is 12.0 Å². The number of methoxy groups -OCH3 is 1. The molecule has 0 saturated carbocycles. The predicted molar refractivity (Wildman–Crippen MR) is 59.1 cm³/mol. The van der Waals surface area contributed by atoms with Gasteiger partial charge in [0.2, 0.25) is 0 Å². The molecule has 0 aromatic heterocycles. The van der Waals surface area contributed by atoms with Crippen molar-refractivity contribution < 1.29 is 19.1 Å². The van der Waals surface area contributed by atoms with Crippen LogP contribution in [0, 0.1) is 0 Å². The summed E-state index contributed by atoms with van der Waals surface area (Å²) in [5.41, 5.74) is 0.735. The number of hydrogen-bond acceptors (Lipinski definition) is 4. The fourth-order valence-electron chi connectivity index (χ4n) is 1.09. The molecule has 4 nitrogen and oxygen atoms in total. The van der Waals surface area contributed by atoms with Crippen molar-refractivity contribution in [2.24, 2.45) is 0 Å². The van der Waals surface area contributed by atoms with E-state index in [0.29, 0.717) is 12.0 Å². The molecule has 0 aliphatic carbocycles. The Kier molecular flexibility index (Phi) is 4.79. The van der Waals surface area contributed by atoms with Crippen molar-refractivity contribution in [1.29, 1.82) is 0 Å². The Morgan fingerprint density at radius 1 is 1.38 bits per heavy atom. The van der Waals surface area contributed by atoms with Crippen molar-refractivity contribution in [3.8, 4) is 5.75 Å². The third-order valence-corrected chi connectivity index (χ3v) is 1.85. The van der Waals surface area contributed by atoms with Crippen molar-refractivity contribution >= 4 is 18.3 Å². The Morgan fingerprint density at radius 3 is 2.81 bits per heavy atom. The maximum Gasteiger partial charge on any atom is 0.343 e. The van der Waals surface area contributed by atoms with Crippen LogP contribution in [0.2, 0.25) is 0 Å². The fraction of sp³-hybridized carbons (Fsp3) is 0.167. The molecule has 0 aliphatic rings. The zero-order valence-electron chi connectivity index (χ0n) is 8.88. The van der Waals surface area contributed by atoms with Gasteiger partial charge in [0.25, 0.3) is 0 Å². The van der Waals surface area contributed by atoms with Gasteiger partial charge in [0.05, 0.1) is 7.11 Å². The van der Waals surface area contributed by atoms with E-state index in [9.17, 15) is 9.59 Å². The second kappa shape index (κ2) is 6.40. The predicted octanol–water partition coefficient (Wildman–Crippen LogP) is 1.45. The molecule has 0 bridgehead atoms. The van der Waals surface area contributed by atoms with E-state index in [-0.39, 0.29) is 6.61 Å². The third-order valence-electron chi connectivity index (χ3n) is 1.85. The number of aldehydes is 1. The average molecular weight is 220 g/mol. The minimum atomic E-state index is -0.450. The molecule has 0 saturated heterocycles. The van der Waals surface area contributed by atoms with Crippen molar-refractivity contribution in [3.05, 3.63) is 35.9 Å². The van der Waals surface area contributed by atoms with E-state index >= 15 is 0 Å². The summed E-state index contributed by atoms with van der Waals surface area (Å²) in [6.07, 6.45) is 3.65. The second-order valence-corrected chi connectivity index (χ2v) is 2.90. The first-order valence-corrected chi connectivity index (χ1v) is 4.68. The highest BCUT2D eigenvalue weighted by molar-refractivity contribution is 5.75. The summed E-state index contributed by atoms with van der Waals surface area (Å²) < 4.78 is 9.70. The van der Waals surface area contributed by atoms with Gasteiger partial charge in [-0.2, -0.15) is 0 Å². The molecular weight excluding hydrogens is 208 g/mol. The summed E-state index contributed by atoms with van der Waals surface area (Å²) in [4.78, 5) is 21.1. The number of allylic oxidation sites excluding steroid dienone is 1. The van der Waals surface area contributed by atoms with Gasteiger partial charge in [0, 0.05) is 5.56 Å². The summed E-state index contributed by atoms with van der Waals surface area (Å²) in [7, 11) is 1.30. The summed E-state index contributed by atoms with van der Waals surface area (Å²) in [5, 5.41) is 0. The van der Waals surface area contributed by atoms with E-state index < -0.39 is 5.97 Å². The van der Waals surface area contributed by atoms with Crippen LogP contribution in [0.25, 0.3) is 6.08 Å². The van der Waals surface area contributed by atoms with Crippen LogP contribution in [0.5, 0.6) is 5.75 Å². The molecule has 0 amide bonds. The molecule has 0 atom stereocenters. The zero-order valence-corrected chi connectivity index (χ0v) is 8.88. The van der Waals surface area contributed by atoms with E-state index in [1.165, 1.54) is 13.2 Å². The Labute approximate surface area is 93.5 Å². The number of carbonyl (C=O) groups is 2. The van der Waals surface area contributed by atoms with Gasteiger partial charge < -0.3 is 9.47 Å². The monoisotopic (exact) mass is 220 g/mol. The summed E-state index contributed by atoms with van der Waals surface area (Å²) in [6, 6.07) is 7.10. The molecule has 0 aliphatic heterocycles. The maximum atomic E-state index is 10.9. The lowest BCUT2D eigenvalue weighted by atomic mass is 10.2. The molecular formula is C12H12O4. The van der Waals surface area contributed by atoms with Gasteiger partial charge in [0.15, 0.2) is 6.61 Å². The van der Waals surface area contributed by atoms with Crippen LogP contribution in [0.4, 0.5) is 0 Å². The highest BCUT2D eigenvalue weighted by Crippen LogP contribution is 2.19. The first-order valence-electron chi connectivity index (χ1n) is 4.68. The van der Waals surface area contributed by atoms with Crippen LogP contribution in [-0.4, -0.2) is 26.0 Å². The molecule has 1 rings (SSSR count). The topological polar surface area (TPSA) is 52.6 Å². The van der Waals surface area contributed by atoms with Gasteiger partial charge in [-0.1, -0.05) is 18.2 Å². The van der Waals surface area contributed by atoms with Crippen LogP contribution in [-0.2, 0) is 14.3 Å². The summed E-state index contributed by atoms with van der Waals surface area (Å²) >= 11 is 0. The van der Waals surface area contributed by atoms with Crippen LogP contribution >= 0.6 is 0 Å². The minimum Gasteiger partial charge on any atom is -0.481 e. The first kappa shape index (κ1) is 12.0. The third kappa shape index (κ3) is 3.57. The number of benzene rings is 1. The molecule has 84 valence electrons. The van der Waals surface area contributed by atoms with E-state index in [1.54, 1.807) is 24.3 Å². The van der Waals surface area contributed by atoms with Crippen molar-refractivity contribution in [3.63, 3.8) is 0 Å². The lowest BCUT2D eigenvalue weighted by Crippen LogP contribution is -2.12. The summed E-state index contributed by atoms with van der Waals surface area (Å²) in [6.45, 7) is -0.150. The number of ether oxygens (including phenoxy) is 2. The van der Waals surface area contributed by atoms with Crippen molar-refractivity contribution in [1.82, 2.24) is 0 Å². The Bertz CT molecular complexity index is 396. The fourth-order valence-corrected chi connectivity index (χ4v) is 1.09. The lowest BCUT2D eigenvalue weighted by Gasteiger charge is -2.07. The molecule has 0 fully saturated rings. The minimum absolute atomic E-state index is 0.150. The molecule has 0 unspecified atom stereocenters. The van der Waals surface area contributed by atoms with E-state index in [4.69, 9.17) is 4.74 Å². The average Bonchev–Trinajstić information content (AvgIpc) is 2.34. The Balaban J connectivity index is 2.74. The molecule has 4 heteroatoms. The Morgan fingerprint density at radius 2 is 2.12 bits per heavy atom. The molecule has 0 N–H and O–H groups in total. The van der Waals surface area contributed by atoms with Gasteiger partial charge in [-0.3, -0.25) is 4.79 Å². The maximum absolute atomic E-state index is 10.9. The number of hydrogen-bond donors (Lipinski definition) is 0. The quantitative estimate of drug-likeness (QED) is 0.428. The molecule has 16 heavy (non-hydrogen) atoms. The van der Waals surface area contributed by atoms with Crippen LogP contribution < -0.4 is 4.74 Å². The SMILES string of the molecule is COC(=O)COc1ccccc1C=CC=O. The van der Waals surface area contributed by atoms with Crippen LogP contribution in [0.15, 0.2) is 30.3 Å². The first-order chi connectivity index (χ1) is 7.77. The number of rotatable bonds is 5. The van der Waals surface area contributed by atoms with E-state index in [2.05, 4.69) is 4.74 Å². The van der Waals surface area contributed by atoms with Gasteiger partial charge in [-0.05, 0) is 18.2 Å². The number of carbonyl (C=O) groups excluding carboxylic acids is 2. The van der Waals surface area contributed by atoms with Crippen molar-refractivity contribution in [2.75, 3.05) is 13.7 Å². The number of esters is 1. The molecule has 0 heterocycles. The van der Waals surface area contributed by atoms with Crippen LogP contribution in [0.1, 0.15) is 5.56 Å². The number of para-hydroxylation sites is 1. The molecule has 0 radical (unpaired) electrons. The highest BCUT2D eigenvalue weighted by atomic mass is 16.6. The van der Waals surface area contributed by atoms with Gasteiger partial charge in [-0.25, -0.2) is 4.79 Å². The van der Waals surface area contributed by atoms with Crippen molar-refractivity contribution in [2.45, 2.75) is 0 Å². The highest BCUT2D eigenvalue weighted by Gasteiger charge is 2.04. The second-order valence-electron chi connectivity index (χ2n) is 2.90. The van der Waals surface area contributed by atoms with Gasteiger partial charge in [-0.15, -0.1) is 0 Å². The smallest absolute Gasteiger partial charge is 0.343 e. The molecule has 1 aromatic rings. The standard InChI is InChI=1S/C12H12O4/c1-15-12(14)9-16-11-7-3-2-5-10(11)6-4-8-13/h2-8H,9H2,1H3. The lowest BCUT2D eigenvalue weighted by molar-refractivity contribution is -0.142.